The minimum Gasteiger partial charge on any atom is -0.341 e. The normalized spacial score (nSPS) is 16.2. The first-order valence-electron chi connectivity index (χ1n) is 12.1. The summed E-state index contributed by atoms with van der Waals surface area (Å²) in [5, 5.41) is 2.28. The van der Waals surface area contributed by atoms with Crippen LogP contribution >= 0.6 is 0 Å². The molecule has 1 aromatic heterocycles. The Hall–Kier alpha value is -3.99. The first-order chi connectivity index (χ1) is 17.1. The molecule has 1 saturated heterocycles. The number of hydrogen-bond acceptors (Lipinski definition) is 3. The van der Waals surface area contributed by atoms with Crippen LogP contribution in [0.3, 0.4) is 0 Å². The molecule has 0 radical (unpaired) electrons. The maximum atomic E-state index is 13.8. The monoisotopic (exact) mass is 463 g/mol. The Bertz CT molecular complexity index is 1350. The number of rotatable bonds is 4. The Morgan fingerprint density at radius 3 is 2.34 bits per heavy atom. The predicted molar refractivity (Wildman–Crippen MR) is 139 cm³/mol. The van der Waals surface area contributed by atoms with Crippen molar-refractivity contribution in [3.05, 3.63) is 102 Å². The number of benzene rings is 3. The van der Waals surface area contributed by atoms with E-state index in [2.05, 4.69) is 17.1 Å². The molecule has 1 atom stereocenters. The van der Waals surface area contributed by atoms with E-state index < -0.39 is 0 Å². The van der Waals surface area contributed by atoms with Crippen molar-refractivity contribution in [2.24, 2.45) is 5.92 Å². The van der Waals surface area contributed by atoms with Gasteiger partial charge in [-0.25, -0.2) is 0 Å². The van der Waals surface area contributed by atoms with E-state index in [-0.39, 0.29) is 17.7 Å². The Kier molecular flexibility index (Phi) is 6.57. The summed E-state index contributed by atoms with van der Waals surface area (Å²) in [7, 11) is 0. The summed E-state index contributed by atoms with van der Waals surface area (Å²) in [6.45, 7) is 3.89. The summed E-state index contributed by atoms with van der Waals surface area (Å²) >= 11 is 0. The molecule has 0 bridgehead atoms. The second-order valence-corrected chi connectivity index (χ2v) is 9.22. The van der Waals surface area contributed by atoms with Gasteiger partial charge in [-0.3, -0.25) is 14.6 Å². The Labute approximate surface area is 206 Å². The van der Waals surface area contributed by atoms with Crippen molar-refractivity contribution in [1.29, 1.82) is 0 Å². The zero-order valence-electron chi connectivity index (χ0n) is 19.9. The molecule has 1 aliphatic rings. The summed E-state index contributed by atoms with van der Waals surface area (Å²) in [4.78, 5) is 34.4. The van der Waals surface area contributed by atoms with Crippen molar-refractivity contribution in [2.45, 2.75) is 13.3 Å². The van der Waals surface area contributed by atoms with E-state index in [1.807, 2.05) is 88.9 Å². The van der Waals surface area contributed by atoms with Crippen LogP contribution in [0.1, 0.15) is 22.8 Å². The molecule has 0 aliphatic carbocycles. The van der Waals surface area contributed by atoms with Crippen LogP contribution in [0.5, 0.6) is 0 Å². The van der Waals surface area contributed by atoms with E-state index in [1.165, 1.54) is 5.39 Å². The number of hydrogen-bond donors (Lipinski definition) is 0. The number of pyridine rings is 1. The van der Waals surface area contributed by atoms with Gasteiger partial charge in [-0.05, 0) is 40.5 Å². The van der Waals surface area contributed by atoms with Crippen molar-refractivity contribution in [1.82, 2.24) is 14.8 Å². The molecule has 3 aromatic carbocycles. The Balaban J connectivity index is 1.45. The van der Waals surface area contributed by atoms with Gasteiger partial charge in [0.05, 0.1) is 0 Å². The molecule has 1 fully saturated rings. The van der Waals surface area contributed by atoms with Crippen LogP contribution in [0.2, 0.25) is 0 Å². The van der Waals surface area contributed by atoms with Crippen LogP contribution in [0.25, 0.3) is 21.9 Å². The molecule has 5 rings (SSSR count). The molecule has 5 nitrogen and oxygen atoms in total. The number of amides is 2. The molecule has 176 valence electrons. The summed E-state index contributed by atoms with van der Waals surface area (Å²) in [6, 6.07) is 26.0. The van der Waals surface area contributed by atoms with Gasteiger partial charge in [0.2, 0.25) is 5.91 Å². The molecule has 35 heavy (non-hydrogen) atoms. The maximum Gasteiger partial charge on any atom is 0.254 e. The summed E-state index contributed by atoms with van der Waals surface area (Å²) in [5.74, 6) is 0.169. The number of aromatic nitrogens is 1. The fourth-order valence-electron chi connectivity index (χ4n) is 5.07. The highest BCUT2D eigenvalue weighted by Crippen LogP contribution is 2.27. The van der Waals surface area contributed by atoms with E-state index in [1.54, 1.807) is 6.92 Å². The van der Waals surface area contributed by atoms with Crippen molar-refractivity contribution in [3.8, 4) is 11.1 Å². The van der Waals surface area contributed by atoms with Gasteiger partial charge in [0.15, 0.2) is 0 Å². The van der Waals surface area contributed by atoms with E-state index in [0.29, 0.717) is 31.7 Å². The predicted octanol–water partition coefficient (Wildman–Crippen LogP) is 5.07. The molecule has 2 heterocycles. The van der Waals surface area contributed by atoms with E-state index in [4.69, 9.17) is 0 Å². The van der Waals surface area contributed by atoms with Gasteiger partial charge in [0.1, 0.15) is 0 Å². The highest BCUT2D eigenvalue weighted by atomic mass is 16.2. The first kappa shape index (κ1) is 22.8. The number of fused-ring (bicyclic) bond motifs is 1. The van der Waals surface area contributed by atoms with Crippen LogP contribution < -0.4 is 0 Å². The van der Waals surface area contributed by atoms with Gasteiger partial charge in [0.25, 0.3) is 5.91 Å². The molecular weight excluding hydrogens is 434 g/mol. The van der Waals surface area contributed by atoms with Crippen LogP contribution in [0.4, 0.5) is 0 Å². The summed E-state index contributed by atoms with van der Waals surface area (Å²) in [6.07, 6.45) is 4.55. The molecule has 1 unspecified atom stereocenters. The van der Waals surface area contributed by atoms with Gasteiger partial charge in [-0.2, -0.15) is 0 Å². The standard InChI is InChI=1S/C30H29N3O2/c1-22(34)32-15-16-33(30(35)29-14-8-7-13-28(29)24-9-3-2-4-10-24)21-23(20-32)17-26-19-31-18-25-11-5-6-12-27(25)26/h2-14,18-19,23H,15-17,20-21H2,1H3. The van der Waals surface area contributed by atoms with Crippen molar-refractivity contribution in [2.75, 3.05) is 26.2 Å². The smallest absolute Gasteiger partial charge is 0.254 e. The number of carbonyl (C=O) groups is 2. The van der Waals surface area contributed by atoms with Gasteiger partial charge in [0, 0.05) is 56.4 Å². The van der Waals surface area contributed by atoms with E-state index in [9.17, 15) is 9.59 Å². The quantitative estimate of drug-likeness (QED) is 0.425. The number of carbonyl (C=O) groups excluding carboxylic acids is 2. The van der Waals surface area contributed by atoms with Crippen LogP contribution in [-0.2, 0) is 11.2 Å². The van der Waals surface area contributed by atoms with E-state index >= 15 is 0 Å². The summed E-state index contributed by atoms with van der Waals surface area (Å²) < 4.78 is 0. The molecule has 0 N–H and O–H groups in total. The average molecular weight is 464 g/mol. The van der Waals surface area contributed by atoms with Crippen molar-refractivity contribution >= 4 is 22.6 Å². The molecule has 0 spiro atoms. The van der Waals surface area contributed by atoms with E-state index in [0.717, 1.165) is 28.5 Å². The molecular formula is C30H29N3O2. The zero-order chi connectivity index (χ0) is 24.2. The lowest BCUT2D eigenvalue weighted by Crippen LogP contribution is -2.37. The lowest BCUT2D eigenvalue weighted by molar-refractivity contribution is -0.129. The minimum atomic E-state index is 0.0101. The van der Waals surface area contributed by atoms with Crippen molar-refractivity contribution in [3.63, 3.8) is 0 Å². The third-order valence-electron chi connectivity index (χ3n) is 6.83. The number of nitrogens with zero attached hydrogens (tertiary/aromatic N) is 3. The lowest BCUT2D eigenvalue weighted by atomic mass is 9.95. The average Bonchev–Trinajstić information content (AvgIpc) is 3.12. The van der Waals surface area contributed by atoms with Crippen LogP contribution in [0.15, 0.2) is 91.3 Å². The third kappa shape index (κ3) is 4.94. The summed E-state index contributed by atoms with van der Waals surface area (Å²) in [5.41, 5.74) is 3.80. The van der Waals surface area contributed by atoms with Gasteiger partial charge < -0.3 is 9.80 Å². The van der Waals surface area contributed by atoms with Gasteiger partial charge in [-0.15, -0.1) is 0 Å². The lowest BCUT2D eigenvalue weighted by Gasteiger charge is -2.25. The maximum absolute atomic E-state index is 13.8. The molecule has 4 aromatic rings. The second kappa shape index (κ2) is 10.1. The first-order valence-corrected chi connectivity index (χ1v) is 12.1. The molecule has 1 aliphatic heterocycles. The van der Waals surface area contributed by atoms with Crippen LogP contribution in [0, 0.1) is 5.92 Å². The van der Waals surface area contributed by atoms with Gasteiger partial charge >= 0.3 is 0 Å². The topological polar surface area (TPSA) is 53.5 Å². The fourth-order valence-corrected chi connectivity index (χ4v) is 5.07. The zero-order valence-corrected chi connectivity index (χ0v) is 19.9. The van der Waals surface area contributed by atoms with Crippen molar-refractivity contribution < 1.29 is 9.59 Å². The largest absolute Gasteiger partial charge is 0.341 e. The SMILES string of the molecule is CC(=O)N1CCN(C(=O)c2ccccc2-c2ccccc2)CC(Cc2cncc3ccccc23)C1. The van der Waals surface area contributed by atoms with Gasteiger partial charge in [-0.1, -0.05) is 72.8 Å². The third-order valence-corrected chi connectivity index (χ3v) is 6.83. The second-order valence-electron chi connectivity index (χ2n) is 9.22. The minimum absolute atomic E-state index is 0.0101. The van der Waals surface area contributed by atoms with Crippen LogP contribution in [-0.4, -0.2) is 52.8 Å². The Morgan fingerprint density at radius 2 is 1.51 bits per heavy atom. The molecule has 5 heteroatoms. The highest BCUT2D eigenvalue weighted by Gasteiger charge is 2.29. The molecule has 0 saturated carbocycles. The fraction of sp³-hybridized carbons (Fsp3) is 0.233. The highest BCUT2D eigenvalue weighted by molar-refractivity contribution is 6.01. The molecule has 2 amide bonds. The Morgan fingerprint density at radius 1 is 0.829 bits per heavy atom.